The summed E-state index contributed by atoms with van der Waals surface area (Å²) in [4.78, 5) is 29.0. The van der Waals surface area contributed by atoms with Gasteiger partial charge in [-0.1, -0.05) is 24.3 Å². The van der Waals surface area contributed by atoms with Crippen LogP contribution in [0.5, 0.6) is 0 Å². The second-order valence-electron chi connectivity index (χ2n) is 7.20. The first-order valence-electron chi connectivity index (χ1n) is 9.69. The molecule has 0 unspecified atom stereocenters. The summed E-state index contributed by atoms with van der Waals surface area (Å²) < 4.78 is 1.96. The maximum absolute atomic E-state index is 12.2. The number of fused-ring (bicyclic) bond motifs is 1. The molecular weight excluding hydrogens is 376 g/mol. The number of nitrogens with zero attached hydrogens (tertiary/aromatic N) is 2. The Labute approximate surface area is 174 Å². The summed E-state index contributed by atoms with van der Waals surface area (Å²) >= 11 is 0. The Balaban J connectivity index is 1.35. The number of aryl methyl sites for hydroxylation is 2. The number of carbonyl (C=O) groups is 2. The van der Waals surface area contributed by atoms with Crippen molar-refractivity contribution < 1.29 is 9.59 Å². The fourth-order valence-electron chi connectivity index (χ4n) is 3.15. The molecule has 0 aliphatic heterocycles. The molecule has 0 fully saturated rings. The van der Waals surface area contributed by atoms with E-state index in [0.717, 1.165) is 28.0 Å². The summed E-state index contributed by atoms with van der Waals surface area (Å²) in [6.45, 7) is 3.85. The van der Waals surface area contributed by atoms with Crippen molar-refractivity contribution in [1.29, 1.82) is 0 Å². The molecule has 6 heteroatoms. The molecule has 2 amide bonds. The van der Waals surface area contributed by atoms with Gasteiger partial charge in [-0.2, -0.15) is 0 Å². The highest BCUT2D eigenvalue weighted by Crippen LogP contribution is 2.21. The Morgan fingerprint density at radius 3 is 2.50 bits per heavy atom. The number of anilines is 1. The maximum atomic E-state index is 12.2. The van der Waals surface area contributed by atoms with E-state index in [-0.39, 0.29) is 18.4 Å². The molecule has 0 spiro atoms. The van der Waals surface area contributed by atoms with Gasteiger partial charge >= 0.3 is 0 Å². The number of pyridine rings is 1. The second-order valence-corrected chi connectivity index (χ2v) is 7.20. The first kappa shape index (κ1) is 19.4. The van der Waals surface area contributed by atoms with Crippen molar-refractivity contribution in [3.05, 3.63) is 89.7 Å². The molecule has 30 heavy (non-hydrogen) atoms. The highest BCUT2D eigenvalue weighted by atomic mass is 16.2. The summed E-state index contributed by atoms with van der Waals surface area (Å²) in [6.07, 6.45) is 3.91. The number of benzene rings is 2. The lowest BCUT2D eigenvalue weighted by molar-refractivity contribution is -0.115. The second kappa shape index (κ2) is 8.21. The topological polar surface area (TPSA) is 75.5 Å². The molecule has 4 rings (SSSR count). The monoisotopic (exact) mass is 398 g/mol. The third-order valence-corrected chi connectivity index (χ3v) is 5.01. The summed E-state index contributed by atoms with van der Waals surface area (Å²) in [5.74, 6) is -0.553. The van der Waals surface area contributed by atoms with Crippen molar-refractivity contribution >= 4 is 23.1 Å². The number of aromatic nitrogens is 2. The minimum absolute atomic E-state index is 0.0973. The Bertz CT molecular complexity index is 1190. The Morgan fingerprint density at radius 2 is 1.77 bits per heavy atom. The van der Waals surface area contributed by atoms with Gasteiger partial charge in [-0.3, -0.25) is 9.59 Å². The quantitative estimate of drug-likeness (QED) is 0.534. The number of hydrogen-bond donors (Lipinski definition) is 2. The third-order valence-electron chi connectivity index (χ3n) is 5.01. The van der Waals surface area contributed by atoms with Crippen LogP contribution in [0.15, 0.2) is 73.1 Å². The lowest BCUT2D eigenvalue weighted by Gasteiger charge is -2.08. The number of rotatable bonds is 5. The van der Waals surface area contributed by atoms with Gasteiger partial charge in [0.1, 0.15) is 5.65 Å². The number of amides is 2. The van der Waals surface area contributed by atoms with Crippen LogP contribution >= 0.6 is 0 Å². The average molecular weight is 398 g/mol. The van der Waals surface area contributed by atoms with Crippen LogP contribution in [0.3, 0.4) is 0 Å². The zero-order chi connectivity index (χ0) is 21.1. The van der Waals surface area contributed by atoms with E-state index in [1.165, 1.54) is 0 Å². The van der Waals surface area contributed by atoms with Gasteiger partial charge in [-0.25, -0.2) is 4.98 Å². The zero-order valence-electron chi connectivity index (χ0n) is 16.8. The van der Waals surface area contributed by atoms with Crippen LogP contribution in [0.1, 0.15) is 21.5 Å². The van der Waals surface area contributed by atoms with Gasteiger partial charge in [0.15, 0.2) is 0 Å². The van der Waals surface area contributed by atoms with Gasteiger partial charge in [-0.15, -0.1) is 0 Å². The lowest BCUT2D eigenvalue weighted by Crippen LogP contribution is -2.32. The van der Waals surface area contributed by atoms with Crippen molar-refractivity contribution in [3.63, 3.8) is 0 Å². The van der Waals surface area contributed by atoms with E-state index < -0.39 is 0 Å². The molecule has 0 atom stereocenters. The van der Waals surface area contributed by atoms with Gasteiger partial charge in [0, 0.05) is 29.2 Å². The maximum Gasteiger partial charge on any atom is 0.251 e. The van der Waals surface area contributed by atoms with E-state index >= 15 is 0 Å². The number of nitrogens with one attached hydrogen (secondary N) is 2. The van der Waals surface area contributed by atoms with Crippen LogP contribution in [-0.4, -0.2) is 27.7 Å². The molecule has 2 N–H and O–H groups in total. The molecule has 150 valence electrons. The molecule has 2 aromatic carbocycles. The van der Waals surface area contributed by atoms with Crippen LogP contribution in [-0.2, 0) is 4.79 Å². The molecule has 0 aliphatic rings. The Kier molecular flexibility index (Phi) is 5.30. The minimum Gasteiger partial charge on any atom is -0.343 e. The predicted octanol–water partition coefficient (Wildman–Crippen LogP) is 3.99. The Morgan fingerprint density at radius 1 is 0.967 bits per heavy atom. The lowest BCUT2D eigenvalue weighted by atomic mass is 10.1. The van der Waals surface area contributed by atoms with Gasteiger partial charge < -0.3 is 15.0 Å². The van der Waals surface area contributed by atoms with E-state index in [4.69, 9.17) is 0 Å². The first-order chi connectivity index (χ1) is 14.5. The standard InChI is InChI=1S/C24H22N4O2/c1-16-6-7-19(13-17(16)2)24(30)25-14-23(29)26-20-10-8-18(9-11-20)21-15-28-12-4-3-5-22(28)27-21/h3-13,15H,14H2,1-2H3,(H,25,30)(H,26,29). The van der Waals surface area contributed by atoms with E-state index in [1.54, 1.807) is 6.07 Å². The number of hydrogen-bond acceptors (Lipinski definition) is 3. The molecule has 0 saturated heterocycles. The molecule has 6 nitrogen and oxygen atoms in total. The summed E-state index contributed by atoms with van der Waals surface area (Å²) in [7, 11) is 0. The minimum atomic E-state index is -0.285. The molecule has 0 aliphatic carbocycles. The van der Waals surface area contributed by atoms with E-state index in [0.29, 0.717) is 11.3 Å². The molecular formula is C24H22N4O2. The van der Waals surface area contributed by atoms with Gasteiger partial charge in [0.05, 0.1) is 12.2 Å². The van der Waals surface area contributed by atoms with Gasteiger partial charge in [-0.05, 0) is 61.4 Å². The average Bonchev–Trinajstić information content (AvgIpc) is 3.19. The predicted molar refractivity (Wildman–Crippen MR) is 118 cm³/mol. The summed E-state index contributed by atoms with van der Waals surface area (Å²) in [5.41, 5.74) is 6.06. The van der Waals surface area contributed by atoms with Crippen molar-refractivity contribution in [2.45, 2.75) is 13.8 Å². The zero-order valence-corrected chi connectivity index (χ0v) is 16.8. The smallest absolute Gasteiger partial charge is 0.251 e. The van der Waals surface area contributed by atoms with Crippen molar-refractivity contribution in [2.24, 2.45) is 0 Å². The number of imidazole rings is 1. The van der Waals surface area contributed by atoms with Crippen molar-refractivity contribution in [1.82, 2.24) is 14.7 Å². The third kappa shape index (κ3) is 4.22. The highest BCUT2D eigenvalue weighted by Gasteiger charge is 2.10. The van der Waals surface area contributed by atoms with Crippen molar-refractivity contribution in [2.75, 3.05) is 11.9 Å². The van der Waals surface area contributed by atoms with Crippen LogP contribution in [0.4, 0.5) is 5.69 Å². The molecule has 0 saturated carbocycles. The normalized spacial score (nSPS) is 10.7. The van der Waals surface area contributed by atoms with Gasteiger partial charge in [0.2, 0.25) is 5.91 Å². The van der Waals surface area contributed by atoms with Crippen LogP contribution in [0.25, 0.3) is 16.9 Å². The molecule has 0 radical (unpaired) electrons. The molecule has 2 aromatic heterocycles. The van der Waals surface area contributed by atoms with Crippen molar-refractivity contribution in [3.8, 4) is 11.3 Å². The van der Waals surface area contributed by atoms with Crippen LogP contribution in [0.2, 0.25) is 0 Å². The highest BCUT2D eigenvalue weighted by molar-refractivity contribution is 5.99. The van der Waals surface area contributed by atoms with Crippen LogP contribution in [0, 0.1) is 13.8 Å². The van der Waals surface area contributed by atoms with Crippen LogP contribution < -0.4 is 10.6 Å². The summed E-state index contributed by atoms with van der Waals surface area (Å²) in [6, 6.07) is 18.8. The molecule has 4 aromatic rings. The molecule has 2 heterocycles. The van der Waals surface area contributed by atoms with Gasteiger partial charge in [0.25, 0.3) is 5.91 Å². The number of carbonyl (C=O) groups excluding carboxylic acids is 2. The van der Waals surface area contributed by atoms with E-state index in [2.05, 4.69) is 15.6 Å². The SMILES string of the molecule is Cc1ccc(C(=O)NCC(=O)Nc2ccc(-c3cn4ccccc4n3)cc2)cc1C. The largest absolute Gasteiger partial charge is 0.343 e. The Hall–Kier alpha value is -3.93. The van der Waals surface area contributed by atoms with E-state index in [9.17, 15) is 9.59 Å². The fraction of sp³-hybridized carbons (Fsp3) is 0.125. The fourth-order valence-corrected chi connectivity index (χ4v) is 3.15. The summed E-state index contributed by atoms with van der Waals surface area (Å²) in [5, 5.41) is 5.45. The molecule has 0 bridgehead atoms. The first-order valence-corrected chi connectivity index (χ1v) is 9.69. The van der Waals surface area contributed by atoms with E-state index in [1.807, 2.05) is 85.2 Å².